The Labute approximate surface area is 125 Å². The molecule has 1 heterocycles. The van der Waals surface area contributed by atoms with E-state index in [9.17, 15) is 23.1 Å². The molecular weight excluding hydrogens is 303 g/mol. The number of aromatic amines is 1. The van der Waals surface area contributed by atoms with Crippen LogP contribution in [0, 0.1) is 19.8 Å². The van der Waals surface area contributed by atoms with Crippen molar-refractivity contribution in [3.05, 3.63) is 27.7 Å². The van der Waals surface area contributed by atoms with Gasteiger partial charge in [0.15, 0.2) is 5.75 Å². The quantitative estimate of drug-likeness (QED) is 0.491. The molecule has 124 valence electrons. The van der Waals surface area contributed by atoms with E-state index < -0.39 is 29.0 Å². The monoisotopic (exact) mass is 321 g/mol. The number of aromatic nitrogens is 1. The van der Waals surface area contributed by atoms with Crippen molar-refractivity contribution in [2.45, 2.75) is 26.1 Å². The molecule has 0 bridgehead atoms. The molecule has 1 unspecified atom stereocenters. The van der Waals surface area contributed by atoms with Crippen molar-refractivity contribution >= 4 is 6.41 Å². The van der Waals surface area contributed by atoms with Gasteiger partial charge >= 0.3 is 6.18 Å². The van der Waals surface area contributed by atoms with Crippen LogP contribution in [0.15, 0.2) is 11.0 Å². The number of nitrogens with two attached hydrogens (primary N) is 1. The Morgan fingerprint density at radius 3 is 2.32 bits per heavy atom. The fraction of sp³-hybridized carbons (Fsp3) is 0.385. The van der Waals surface area contributed by atoms with Crippen LogP contribution in [-0.2, 0) is 4.79 Å². The molecule has 1 aromatic heterocycles. The van der Waals surface area contributed by atoms with Gasteiger partial charge in [-0.05, 0) is 13.5 Å². The fourth-order valence-corrected chi connectivity index (χ4v) is 1.45. The number of nitrogens with one attached hydrogen (secondary N) is 2. The van der Waals surface area contributed by atoms with Gasteiger partial charge < -0.3 is 21.1 Å². The first kappa shape index (κ1) is 21.8. The van der Waals surface area contributed by atoms with Gasteiger partial charge in [0.25, 0.3) is 0 Å². The number of hydrogen-bond donors (Lipinski definition) is 4. The number of halogens is 3. The summed E-state index contributed by atoms with van der Waals surface area (Å²) in [6.07, 6.45) is 4.63. The van der Waals surface area contributed by atoms with Crippen LogP contribution >= 0.6 is 0 Å². The molecule has 5 N–H and O–H groups in total. The molecule has 0 saturated heterocycles. The van der Waals surface area contributed by atoms with Gasteiger partial charge in [0.2, 0.25) is 11.8 Å². The van der Waals surface area contributed by atoms with Gasteiger partial charge in [-0.2, -0.15) is 13.2 Å². The third-order valence-electron chi connectivity index (χ3n) is 2.32. The topological polar surface area (TPSA) is 108 Å². The number of aryl methyl sites for hydroxylation is 1. The molecule has 0 fully saturated rings. The normalized spacial score (nSPS) is 11.2. The maximum atomic E-state index is 12.7. The average molecular weight is 321 g/mol. The lowest BCUT2D eigenvalue weighted by Gasteiger charge is -2.20. The van der Waals surface area contributed by atoms with Gasteiger partial charge in [0.1, 0.15) is 6.04 Å². The van der Waals surface area contributed by atoms with Crippen LogP contribution in [0.5, 0.6) is 5.75 Å². The first-order chi connectivity index (χ1) is 10.2. The minimum absolute atomic E-state index is 0.0538. The van der Waals surface area contributed by atoms with E-state index in [0.29, 0.717) is 0 Å². The number of carbonyl (C=O) groups is 1. The van der Waals surface area contributed by atoms with Crippen molar-refractivity contribution in [3.8, 4) is 18.6 Å². The summed E-state index contributed by atoms with van der Waals surface area (Å²) in [5.41, 5.74) is 2.75. The predicted molar refractivity (Wildman–Crippen MR) is 76.1 cm³/mol. The minimum Gasteiger partial charge on any atom is -0.503 e. The van der Waals surface area contributed by atoms with E-state index in [0.717, 1.165) is 6.20 Å². The molecule has 0 aliphatic carbocycles. The summed E-state index contributed by atoms with van der Waals surface area (Å²) in [6.45, 7) is 2.95. The number of primary amides is 1. The Balaban J connectivity index is 0. The average Bonchev–Trinajstić information content (AvgIpc) is 2.45. The Bertz CT molecular complexity index is 539. The van der Waals surface area contributed by atoms with E-state index >= 15 is 0 Å². The highest BCUT2D eigenvalue weighted by atomic mass is 19.4. The Morgan fingerprint density at radius 2 is 1.95 bits per heavy atom. The van der Waals surface area contributed by atoms with Crippen LogP contribution in [0.4, 0.5) is 13.2 Å². The van der Waals surface area contributed by atoms with Gasteiger partial charge in [-0.15, -0.1) is 12.8 Å². The molecule has 1 aromatic rings. The second-order valence-corrected chi connectivity index (χ2v) is 3.72. The predicted octanol–water partition coefficient (Wildman–Crippen LogP) is 0.953. The number of terminal acetylenes is 1. The lowest BCUT2D eigenvalue weighted by molar-refractivity contribution is -0.157. The van der Waals surface area contributed by atoms with Crippen LogP contribution in [-0.4, -0.2) is 29.2 Å². The molecule has 0 spiro atoms. The van der Waals surface area contributed by atoms with Crippen LogP contribution in [0.25, 0.3) is 0 Å². The second-order valence-electron chi connectivity index (χ2n) is 3.72. The van der Waals surface area contributed by atoms with E-state index in [4.69, 9.17) is 4.79 Å². The molecule has 1 atom stereocenters. The molecule has 22 heavy (non-hydrogen) atoms. The summed E-state index contributed by atoms with van der Waals surface area (Å²) in [4.78, 5) is 22.6. The van der Waals surface area contributed by atoms with E-state index in [2.05, 4.69) is 28.9 Å². The largest absolute Gasteiger partial charge is 0.503 e. The summed E-state index contributed by atoms with van der Waals surface area (Å²) in [5, 5.41) is 11.5. The van der Waals surface area contributed by atoms with Crippen molar-refractivity contribution in [2.24, 2.45) is 5.73 Å². The molecule has 1 amide bonds. The summed E-state index contributed by atoms with van der Waals surface area (Å²) in [5.74, 6) is -0.686. The van der Waals surface area contributed by atoms with Gasteiger partial charge in [0, 0.05) is 11.8 Å². The maximum absolute atomic E-state index is 12.7. The van der Waals surface area contributed by atoms with E-state index in [1.807, 2.05) is 0 Å². The summed E-state index contributed by atoms with van der Waals surface area (Å²) >= 11 is 0. The highest BCUT2D eigenvalue weighted by Crippen LogP contribution is 2.31. The zero-order valence-electron chi connectivity index (χ0n) is 12.1. The van der Waals surface area contributed by atoms with Crippen LogP contribution in [0.1, 0.15) is 24.2 Å². The first-order valence-electron chi connectivity index (χ1n) is 5.90. The molecule has 0 aliphatic rings. The molecule has 0 saturated carbocycles. The Hall–Kier alpha value is -2.47. The summed E-state index contributed by atoms with van der Waals surface area (Å²) < 4.78 is 38.1. The zero-order chi connectivity index (χ0) is 17.9. The standard InChI is InChI=1S/C10H13F3N2O2.C2H2.CH3NO/c1-3-14-9(10(11,12)13)6-4-15-5(2)7(16)8(6)17;1-2;2-1-3/h4,9,14,16H,3H2,1-2H3,(H,15,17);1-2H;1H,(H2,2,3). The van der Waals surface area contributed by atoms with Gasteiger partial charge in [0.05, 0.1) is 5.69 Å². The van der Waals surface area contributed by atoms with Crippen LogP contribution < -0.4 is 16.5 Å². The number of H-pyrrole nitrogens is 1. The van der Waals surface area contributed by atoms with Gasteiger partial charge in [-0.25, -0.2) is 0 Å². The summed E-state index contributed by atoms with van der Waals surface area (Å²) in [6, 6.07) is -2.08. The molecule has 0 radical (unpaired) electrons. The number of alkyl halides is 3. The smallest absolute Gasteiger partial charge is 0.408 e. The van der Waals surface area contributed by atoms with Crippen molar-refractivity contribution in [1.29, 1.82) is 0 Å². The Kier molecular flexibility index (Phi) is 10.2. The van der Waals surface area contributed by atoms with E-state index in [-0.39, 0.29) is 18.6 Å². The number of pyridine rings is 1. The van der Waals surface area contributed by atoms with Crippen LogP contribution in [0.2, 0.25) is 0 Å². The highest BCUT2D eigenvalue weighted by Gasteiger charge is 2.42. The molecule has 9 heteroatoms. The maximum Gasteiger partial charge on any atom is 0.408 e. The van der Waals surface area contributed by atoms with Gasteiger partial charge in [-0.1, -0.05) is 6.92 Å². The van der Waals surface area contributed by atoms with E-state index in [1.54, 1.807) is 0 Å². The molecule has 0 aromatic carbocycles. The van der Waals surface area contributed by atoms with Crippen molar-refractivity contribution in [2.75, 3.05) is 6.54 Å². The molecule has 6 nitrogen and oxygen atoms in total. The SMILES string of the molecule is C#C.CCNC(c1c[nH]c(C)c(O)c1=O)C(F)(F)F.NC=O. The fourth-order valence-electron chi connectivity index (χ4n) is 1.45. The van der Waals surface area contributed by atoms with Gasteiger partial charge in [-0.3, -0.25) is 9.59 Å². The first-order valence-corrected chi connectivity index (χ1v) is 5.90. The lowest BCUT2D eigenvalue weighted by Crippen LogP contribution is -2.37. The van der Waals surface area contributed by atoms with Crippen LogP contribution in [0.3, 0.4) is 0 Å². The van der Waals surface area contributed by atoms with Crippen molar-refractivity contribution in [1.82, 2.24) is 10.3 Å². The molecular formula is C13H18F3N3O3. The number of carbonyl (C=O) groups excluding carboxylic acids is 1. The third-order valence-corrected chi connectivity index (χ3v) is 2.32. The van der Waals surface area contributed by atoms with E-state index in [1.165, 1.54) is 13.8 Å². The Morgan fingerprint density at radius 1 is 1.50 bits per heavy atom. The lowest BCUT2D eigenvalue weighted by atomic mass is 10.1. The number of hydrogen-bond acceptors (Lipinski definition) is 4. The molecule has 1 rings (SSSR count). The second kappa shape index (κ2) is 10.3. The molecule has 0 aliphatic heterocycles. The summed E-state index contributed by atoms with van der Waals surface area (Å²) in [7, 11) is 0. The van der Waals surface area contributed by atoms with Crippen molar-refractivity contribution < 1.29 is 23.1 Å². The third kappa shape index (κ3) is 6.32. The van der Waals surface area contributed by atoms with Crippen molar-refractivity contribution in [3.63, 3.8) is 0 Å². The number of rotatable bonds is 3. The number of aromatic hydroxyl groups is 1. The number of amides is 1. The zero-order valence-corrected chi connectivity index (χ0v) is 12.1. The highest BCUT2D eigenvalue weighted by molar-refractivity contribution is 5.42. The minimum atomic E-state index is -4.59.